The lowest BCUT2D eigenvalue weighted by atomic mass is 10.1. The average Bonchev–Trinajstić information content (AvgIpc) is 2.19. The van der Waals surface area contributed by atoms with Crippen molar-refractivity contribution >= 4 is 11.0 Å². The highest BCUT2D eigenvalue weighted by atomic mass is 19.4. The van der Waals surface area contributed by atoms with E-state index in [-0.39, 0.29) is 5.52 Å². The predicted octanol–water partition coefficient (Wildman–Crippen LogP) is 1.37. The molecule has 0 saturated heterocycles. The number of benzene rings is 1. The molecule has 0 bridgehead atoms. The van der Waals surface area contributed by atoms with Crippen LogP contribution in [0.5, 0.6) is 0 Å². The molecule has 1 aromatic heterocycles. The van der Waals surface area contributed by atoms with Gasteiger partial charge in [0, 0.05) is 0 Å². The van der Waals surface area contributed by atoms with Crippen LogP contribution in [-0.2, 0) is 6.18 Å². The molecule has 0 unspecified atom stereocenters. The minimum Gasteiger partial charge on any atom is -0.316 e. The summed E-state index contributed by atoms with van der Waals surface area (Å²) in [4.78, 5) is 25.5. The summed E-state index contributed by atoms with van der Waals surface area (Å²) in [7, 11) is 0. The number of aromatic nitrogens is 2. The van der Waals surface area contributed by atoms with Gasteiger partial charge in [0.2, 0.25) is 0 Å². The standard InChI is InChI=1S/C9H4F4N2O2/c10-5-3(9(11,12)13)1-2-4-6(5)15-8(17)7(16)14-4/h1-2H,(H,14,16)(H,15,17). The van der Waals surface area contributed by atoms with Gasteiger partial charge in [-0.3, -0.25) is 9.59 Å². The number of aromatic amines is 2. The Morgan fingerprint density at radius 1 is 1.00 bits per heavy atom. The van der Waals surface area contributed by atoms with Crippen LogP contribution in [0.4, 0.5) is 17.6 Å². The summed E-state index contributed by atoms with van der Waals surface area (Å²) in [5, 5.41) is 0. The first-order valence-electron chi connectivity index (χ1n) is 4.32. The van der Waals surface area contributed by atoms with Crippen molar-refractivity contribution in [3.63, 3.8) is 0 Å². The molecule has 1 aromatic carbocycles. The van der Waals surface area contributed by atoms with E-state index in [1.807, 2.05) is 4.98 Å². The van der Waals surface area contributed by atoms with E-state index in [0.29, 0.717) is 6.07 Å². The SMILES string of the molecule is O=c1[nH]c2ccc(C(F)(F)F)c(F)c2[nH]c1=O. The molecule has 0 atom stereocenters. The Labute approximate surface area is 89.9 Å². The maximum absolute atomic E-state index is 13.5. The molecule has 0 aliphatic carbocycles. The molecule has 4 nitrogen and oxygen atoms in total. The molecular formula is C9H4F4N2O2. The number of alkyl halides is 3. The van der Waals surface area contributed by atoms with Gasteiger partial charge in [0.15, 0.2) is 5.82 Å². The highest BCUT2D eigenvalue weighted by Gasteiger charge is 2.35. The molecule has 0 aliphatic heterocycles. The van der Waals surface area contributed by atoms with Crippen LogP contribution in [-0.4, -0.2) is 9.97 Å². The first kappa shape index (κ1) is 11.4. The second-order valence-electron chi connectivity index (χ2n) is 3.26. The van der Waals surface area contributed by atoms with Crippen LogP contribution in [0.15, 0.2) is 21.7 Å². The molecule has 0 spiro atoms. The summed E-state index contributed by atoms with van der Waals surface area (Å²) >= 11 is 0. The van der Waals surface area contributed by atoms with E-state index in [4.69, 9.17) is 0 Å². The largest absolute Gasteiger partial charge is 0.419 e. The van der Waals surface area contributed by atoms with Crippen molar-refractivity contribution < 1.29 is 17.6 Å². The summed E-state index contributed by atoms with van der Waals surface area (Å²) in [6, 6.07) is 1.37. The normalized spacial score (nSPS) is 12.0. The predicted molar refractivity (Wildman–Crippen MR) is 50.1 cm³/mol. The second kappa shape index (κ2) is 3.44. The van der Waals surface area contributed by atoms with E-state index < -0.39 is 34.2 Å². The first-order chi connectivity index (χ1) is 7.80. The Morgan fingerprint density at radius 2 is 1.59 bits per heavy atom. The van der Waals surface area contributed by atoms with Gasteiger partial charge >= 0.3 is 17.3 Å². The molecule has 90 valence electrons. The Hall–Kier alpha value is -2.12. The van der Waals surface area contributed by atoms with Crippen LogP contribution < -0.4 is 11.1 Å². The molecule has 0 saturated carbocycles. The Morgan fingerprint density at radius 3 is 2.18 bits per heavy atom. The topological polar surface area (TPSA) is 65.7 Å². The maximum Gasteiger partial charge on any atom is 0.419 e. The number of nitrogens with one attached hydrogen (secondary N) is 2. The second-order valence-corrected chi connectivity index (χ2v) is 3.26. The molecular weight excluding hydrogens is 244 g/mol. The zero-order valence-corrected chi connectivity index (χ0v) is 7.98. The number of hydrogen-bond acceptors (Lipinski definition) is 2. The van der Waals surface area contributed by atoms with Crippen molar-refractivity contribution in [1.29, 1.82) is 0 Å². The average molecular weight is 248 g/mol. The number of H-pyrrole nitrogens is 2. The lowest BCUT2D eigenvalue weighted by Gasteiger charge is -2.09. The molecule has 2 aromatic rings. The fraction of sp³-hybridized carbons (Fsp3) is 0.111. The highest BCUT2D eigenvalue weighted by molar-refractivity contribution is 5.75. The third-order valence-electron chi connectivity index (χ3n) is 2.14. The lowest BCUT2D eigenvalue weighted by molar-refractivity contribution is -0.139. The van der Waals surface area contributed by atoms with Gasteiger partial charge in [0.25, 0.3) is 0 Å². The molecule has 0 aliphatic rings. The van der Waals surface area contributed by atoms with Gasteiger partial charge in [-0.2, -0.15) is 13.2 Å². The van der Waals surface area contributed by atoms with Gasteiger partial charge < -0.3 is 9.97 Å². The monoisotopic (exact) mass is 248 g/mol. The van der Waals surface area contributed by atoms with Crippen LogP contribution >= 0.6 is 0 Å². The molecule has 8 heteroatoms. The van der Waals surface area contributed by atoms with Crippen LogP contribution in [0.1, 0.15) is 5.56 Å². The summed E-state index contributed by atoms with van der Waals surface area (Å²) < 4.78 is 50.5. The molecule has 0 fully saturated rings. The van der Waals surface area contributed by atoms with Crippen molar-refractivity contribution in [2.75, 3.05) is 0 Å². The van der Waals surface area contributed by atoms with Gasteiger partial charge in [-0.1, -0.05) is 0 Å². The molecule has 0 amide bonds. The van der Waals surface area contributed by atoms with E-state index in [1.165, 1.54) is 0 Å². The summed E-state index contributed by atoms with van der Waals surface area (Å²) in [5.74, 6) is -1.62. The van der Waals surface area contributed by atoms with Gasteiger partial charge in [-0.25, -0.2) is 4.39 Å². The van der Waals surface area contributed by atoms with E-state index >= 15 is 0 Å². The van der Waals surface area contributed by atoms with Crippen molar-refractivity contribution in [3.8, 4) is 0 Å². The number of hydrogen-bond donors (Lipinski definition) is 2. The zero-order chi connectivity index (χ0) is 12.8. The zero-order valence-electron chi connectivity index (χ0n) is 7.98. The summed E-state index contributed by atoms with van der Waals surface area (Å²) in [6.45, 7) is 0. The summed E-state index contributed by atoms with van der Waals surface area (Å²) in [6.07, 6.45) is -4.87. The van der Waals surface area contributed by atoms with E-state index in [2.05, 4.69) is 0 Å². The van der Waals surface area contributed by atoms with Crippen molar-refractivity contribution in [2.45, 2.75) is 6.18 Å². The van der Waals surface area contributed by atoms with Crippen LogP contribution in [0.3, 0.4) is 0 Å². The van der Waals surface area contributed by atoms with Gasteiger partial charge in [-0.15, -0.1) is 0 Å². The number of fused-ring (bicyclic) bond motifs is 1. The van der Waals surface area contributed by atoms with Gasteiger partial charge in [-0.05, 0) is 12.1 Å². The summed E-state index contributed by atoms with van der Waals surface area (Å²) in [5.41, 5.74) is -4.66. The Bertz CT molecular complexity index is 699. The van der Waals surface area contributed by atoms with Crippen molar-refractivity contribution in [3.05, 3.63) is 44.2 Å². The molecule has 1 heterocycles. The lowest BCUT2D eigenvalue weighted by Crippen LogP contribution is -2.29. The number of rotatable bonds is 0. The smallest absolute Gasteiger partial charge is 0.316 e. The van der Waals surface area contributed by atoms with Gasteiger partial charge in [0.05, 0.1) is 11.1 Å². The quantitative estimate of drug-likeness (QED) is 0.546. The fourth-order valence-electron chi connectivity index (χ4n) is 1.37. The highest BCUT2D eigenvalue weighted by Crippen LogP contribution is 2.32. The maximum atomic E-state index is 13.5. The third kappa shape index (κ3) is 1.81. The van der Waals surface area contributed by atoms with Crippen molar-refractivity contribution in [2.24, 2.45) is 0 Å². The van der Waals surface area contributed by atoms with E-state index in [0.717, 1.165) is 6.07 Å². The van der Waals surface area contributed by atoms with Crippen molar-refractivity contribution in [1.82, 2.24) is 9.97 Å². The molecule has 2 N–H and O–H groups in total. The molecule has 2 rings (SSSR count). The van der Waals surface area contributed by atoms with E-state index in [1.54, 1.807) is 4.98 Å². The van der Waals surface area contributed by atoms with Crippen LogP contribution in [0.2, 0.25) is 0 Å². The minimum absolute atomic E-state index is 0.208. The van der Waals surface area contributed by atoms with Gasteiger partial charge in [0.1, 0.15) is 5.52 Å². The van der Waals surface area contributed by atoms with Crippen LogP contribution in [0, 0.1) is 5.82 Å². The Kier molecular flexibility index (Phi) is 2.30. The minimum atomic E-state index is -4.87. The van der Waals surface area contributed by atoms with Crippen LogP contribution in [0.25, 0.3) is 11.0 Å². The molecule has 0 radical (unpaired) electrons. The Balaban J connectivity index is 2.90. The van der Waals surface area contributed by atoms with E-state index in [9.17, 15) is 27.2 Å². The fourth-order valence-corrected chi connectivity index (χ4v) is 1.37. The third-order valence-corrected chi connectivity index (χ3v) is 2.14. The molecule has 17 heavy (non-hydrogen) atoms. The number of halogens is 4. The first-order valence-corrected chi connectivity index (χ1v) is 4.32.